The molecule has 2 aliphatic rings. The SMILES string of the molecule is O=C(c1ccc(F)c(F)c1F)N1CCN(C(=O)C2CCCO2)CC1. The lowest BCUT2D eigenvalue weighted by Gasteiger charge is -2.35. The highest BCUT2D eigenvalue weighted by Gasteiger charge is 2.32. The number of halogens is 3. The minimum atomic E-state index is -1.66. The van der Waals surface area contributed by atoms with Crippen LogP contribution in [0.4, 0.5) is 13.2 Å². The Labute approximate surface area is 137 Å². The van der Waals surface area contributed by atoms with E-state index in [0.717, 1.165) is 18.6 Å². The van der Waals surface area contributed by atoms with Crippen molar-refractivity contribution in [3.05, 3.63) is 35.1 Å². The predicted octanol–water partition coefficient (Wildman–Crippen LogP) is 1.57. The van der Waals surface area contributed by atoms with Gasteiger partial charge in [-0.3, -0.25) is 9.59 Å². The standard InChI is InChI=1S/C16H17F3N2O3/c17-11-4-3-10(13(18)14(11)19)15(22)20-5-7-21(8-6-20)16(23)12-2-1-9-24-12/h3-4,12H,1-2,5-9H2. The van der Waals surface area contributed by atoms with Crippen LogP contribution < -0.4 is 0 Å². The number of amides is 2. The molecule has 2 heterocycles. The summed E-state index contributed by atoms with van der Waals surface area (Å²) in [4.78, 5) is 27.5. The zero-order chi connectivity index (χ0) is 17.3. The largest absolute Gasteiger partial charge is 0.368 e. The third-order valence-electron chi connectivity index (χ3n) is 4.35. The van der Waals surface area contributed by atoms with Crippen molar-refractivity contribution in [2.45, 2.75) is 18.9 Å². The fraction of sp³-hybridized carbons (Fsp3) is 0.500. The molecule has 0 aromatic heterocycles. The van der Waals surface area contributed by atoms with E-state index in [1.165, 1.54) is 4.90 Å². The third kappa shape index (κ3) is 3.10. The van der Waals surface area contributed by atoms with Gasteiger partial charge in [-0.1, -0.05) is 0 Å². The van der Waals surface area contributed by atoms with Crippen LogP contribution in [-0.4, -0.2) is 60.5 Å². The first-order chi connectivity index (χ1) is 11.5. The number of nitrogens with zero attached hydrogens (tertiary/aromatic N) is 2. The number of piperazine rings is 1. The lowest BCUT2D eigenvalue weighted by atomic mass is 10.1. The average molecular weight is 342 g/mol. The molecule has 0 radical (unpaired) electrons. The van der Waals surface area contributed by atoms with Crippen LogP contribution in [0, 0.1) is 17.5 Å². The molecule has 8 heteroatoms. The molecule has 0 saturated carbocycles. The van der Waals surface area contributed by atoms with E-state index in [9.17, 15) is 22.8 Å². The first kappa shape index (κ1) is 16.8. The van der Waals surface area contributed by atoms with Crippen LogP contribution in [0.5, 0.6) is 0 Å². The quantitative estimate of drug-likeness (QED) is 0.767. The number of carbonyl (C=O) groups is 2. The van der Waals surface area contributed by atoms with Gasteiger partial charge in [0.15, 0.2) is 17.5 Å². The normalized spacial score (nSPS) is 21.2. The van der Waals surface area contributed by atoms with E-state index in [4.69, 9.17) is 4.74 Å². The second-order valence-electron chi connectivity index (χ2n) is 5.84. The highest BCUT2D eigenvalue weighted by atomic mass is 19.2. The van der Waals surface area contributed by atoms with Gasteiger partial charge in [0.2, 0.25) is 0 Å². The molecule has 0 N–H and O–H groups in total. The topological polar surface area (TPSA) is 49.9 Å². The molecule has 0 spiro atoms. The van der Waals surface area contributed by atoms with Crippen molar-refractivity contribution in [2.24, 2.45) is 0 Å². The Hall–Kier alpha value is -2.09. The molecule has 2 saturated heterocycles. The summed E-state index contributed by atoms with van der Waals surface area (Å²) in [5.41, 5.74) is -0.507. The Morgan fingerprint density at radius 1 is 1.00 bits per heavy atom. The number of rotatable bonds is 2. The third-order valence-corrected chi connectivity index (χ3v) is 4.35. The molecule has 2 aliphatic heterocycles. The van der Waals surface area contributed by atoms with Crippen molar-refractivity contribution in [2.75, 3.05) is 32.8 Å². The minimum absolute atomic E-state index is 0.0985. The lowest BCUT2D eigenvalue weighted by Crippen LogP contribution is -2.53. The van der Waals surface area contributed by atoms with Crippen molar-refractivity contribution in [1.82, 2.24) is 9.80 Å². The van der Waals surface area contributed by atoms with Crippen LogP contribution in [0.3, 0.4) is 0 Å². The molecule has 1 unspecified atom stereocenters. The molecule has 1 aromatic rings. The summed E-state index contributed by atoms with van der Waals surface area (Å²) >= 11 is 0. The van der Waals surface area contributed by atoms with E-state index in [-0.39, 0.29) is 19.0 Å². The van der Waals surface area contributed by atoms with E-state index in [1.54, 1.807) is 4.90 Å². The van der Waals surface area contributed by atoms with Crippen molar-refractivity contribution >= 4 is 11.8 Å². The van der Waals surface area contributed by atoms with Crippen molar-refractivity contribution in [3.63, 3.8) is 0 Å². The van der Waals surface area contributed by atoms with Gasteiger partial charge in [-0.05, 0) is 25.0 Å². The Kier molecular flexibility index (Phi) is 4.75. The molecule has 130 valence electrons. The van der Waals surface area contributed by atoms with Gasteiger partial charge in [0, 0.05) is 32.8 Å². The molecule has 5 nitrogen and oxygen atoms in total. The van der Waals surface area contributed by atoms with Gasteiger partial charge in [0.1, 0.15) is 6.10 Å². The highest BCUT2D eigenvalue weighted by molar-refractivity contribution is 5.94. The zero-order valence-corrected chi connectivity index (χ0v) is 12.9. The second kappa shape index (κ2) is 6.80. The van der Waals surface area contributed by atoms with Crippen LogP contribution in [0.1, 0.15) is 23.2 Å². The summed E-state index contributed by atoms with van der Waals surface area (Å²) in [6, 6.07) is 1.66. The van der Waals surface area contributed by atoms with Crippen LogP contribution in [0.2, 0.25) is 0 Å². The average Bonchev–Trinajstić information content (AvgIpc) is 3.13. The number of hydrogen-bond acceptors (Lipinski definition) is 3. The summed E-state index contributed by atoms with van der Waals surface area (Å²) in [5.74, 6) is -5.30. The van der Waals surface area contributed by atoms with Crippen LogP contribution in [-0.2, 0) is 9.53 Å². The van der Waals surface area contributed by atoms with Gasteiger partial charge < -0.3 is 14.5 Å². The number of benzene rings is 1. The highest BCUT2D eigenvalue weighted by Crippen LogP contribution is 2.19. The van der Waals surface area contributed by atoms with E-state index < -0.39 is 35.0 Å². The van der Waals surface area contributed by atoms with Crippen molar-refractivity contribution in [3.8, 4) is 0 Å². The first-order valence-corrected chi connectivity index (χ1v) is 7.82. The predicted molar refractivity (Wildman–Crippen MR) is 77.8 cm³/mol. The maximum atomic E-state index is 13.7. The Balaban J connectivity index is 1.63. The van der Waals surface area contributed by atoms with Gasteiger partial charge in [-0.15, -0.1) is 0 Å². The number of ether oxygens (including phenoxy) is 1. The Morgan fingerprint density at radius 2 is 1.67 bits per heavy atom. The minimum Gasteiger partial charge on any atom is -0.368 e. The Bertz CT molecular complexity index is 654. The van der Waals surface area contributed by atoms with Crippen LogP contribution in [0.15, 0.2) is 12.1 Å². The van der Waals surface area contributed by atoms with Gasteiger partial charge in [-0.25, -0.2) is 13.2 Å². The smallest absolute Gasteiger partial charge is 0.257 e. The molecule has 24 heavy (non-hydrogen) atoms. The van der Waals surface area contributed by atoms with Gasteiger partial charge in [0.05, 0.1) is 5.56 Å². The van der Waals surface area contributed by atoms with Gasteiger partial charge in [-0.2, -0.15) is 0 Å². The first-order valence-electron chi connectivity index (χ1n) is 7.82. The number of carbonyl (C=O) groups excluding carboxylic acids is 2. The molecule has 1 atom stereocenters. The van der Waals surface area contributed by atoms with Gasteiger partial charge in [0.25, 0.3) is 11.8 Å². The molecule has 2 amide bonds. The van der Waals surface area contributed by atoms with Crippen LogP contribution >= 0.6 is 0 Å². The van der Waals surface area contributed by atoms with Crippen molar-refractivity contribution in [1.29, 1.82) is 0 Å². The van der Waals surface area contributed by atoms with E-state index in [0.29, 0.717) is 26.1 Å². The monoisotopic (exact) mass is 342 g/mol. The fourth-order valence-electron chi connectivity index (χ4n) is 2.97. The molecule has 0 aliphatic carbocycles. The van der Waals surface area contributed by atoms with E-state index in [1.807, 2.05) is 0 Å². The lowest BCUT2D eigenvalue weighted by molar-refractivity contribution is -0.142. The summed E-state index contributed by atoms with van der Waals surface area (Å²) in [6.07, 6.45) is 1.12. The number of hydrogen-bond donors (Lipinski definition) is 0. The summed E-state index contributed by atoms with van der Waals surface area (Å²) < 4.78 is 45.3. The maximum Gasteiger partial charge on any atom is 0.257 e. The second-order valence-corrected chi connectivity index (χ2v) is 5.84. The molecule has 1 aromatic carbocycles. The molecular weight excluding hydrogens is 325 g/mol. The van der Waals surface area contributed by atoms with E-state index >= 15 is 0 Å². The maximum absolute atomic E-state index is 13.7. The van der Waals surface area contributed by atoms with Crippen LogP contribution in [0.25, 0.3) is 0 Å². The molecule has 3 rings (SSSR count). The fourth-order valence-corrected chi connectivity index (χ4v) is 2.97. The zero-order valence-electron chi connectivity index (χ0n) is 12.9. The summed E-state index contributed by atoms with van der Waals surface area (Å²) in [5, 5.41) is 0. The summed E-state index contributed by atoms with van der Waals surface area (Å²) in [6.45, 7) is 1.58. The van der Waals surface area contributed by atoms with Crippen molar-refractivity contribution < 1.29 is 27.5 Å². The molecular formula is C16H17F3N2O3. The summed E-state index contributed by atoms with van der Waals surface area (Å²) in [7, 11) is 0. The molecule has 0 bridgehead atoms. The van der Waals surface area contributed by atoms with Gasteiger partial charge >= 0.3 is 0 Å². The van der Waals surface area contributed by atoms with E-state index in [2.05, 4.69) is 0 Å². The Morgan fingerprint density at radius 3 is 2.29 bits per heavy atom. The molecule has 2 fully saturated rings.